The molecule has 2 rings (SSSR count). The van der Waals surface area contributed by atoms with Crippen molar-refractivity contribution in [3.63, 3.8) is 0 Å². The van der Waals surface area contributed by atoms with Gasteiger partial charge in [0.25, 0.3) is 5.91 Å². The summed E-state index contributed by atoms with van der Waals surface area (Å²) in [5.74, 6) is -1.65. The fourth-order valence-corrected chi connectivity index (χ4v) is 2.24. The van der Waals surface area contributed by atoms with Crippen LogP contribution in [0.4, 0.5) is 13.2 Å². The van der Waals surface area contributed by atoms with E-state index in [-0.39, 0.29) is 11.5 Å². The Morgan fingerprint density at radius 1 is 1.38 bits per heavy atom. The molecule has 0 aromatic heterocycles. The van der Waals surface area contributed by atoms with Crippen molar-refractivity contribution in [2.24, 2.45) is 5.92 Å². The second-order valence-corrected chi connectivity index (χ2v) is 5.79. The first-order valence-corrected chi connectivity index (χ1v) is 7.22. The molecular weight excluding hydrogens is 325 g/mol. The molecule has 1 N–H and O–H groups in total. The zero-order valence-electron chi connectivity index (χ0n) is 12.8. The minimum Gasteiger partial charge on any atom is -0.452 e. The number of hydrogen-bond donors (Lipinski definition) is 1. The van der Waals surface area contributed by atoms with E-state index in [9.17, 15) is 22.8 Å². The van der Waals surface area contributed by atoms with E-state index in [1.165, 1.54) is 6.07 Å². The number of esters is 1. The molecule has 1 saturated carbocycles. The van der Waals surface area contributed by atoms with Gasteiger partial charge in [0.15, 0.2) is 6.61 Å². The highest BCUT2D eigenvalue weighted by atomic mass is 19.4. The summed E-state index contributed by atoms with van der Waals surface area (Å²) < 4.78 is 42.5. The molecule has 0 unspecified atom stereocenters. The van der Waals surface area contributed by atoms with Crippen LogP contribution in [0.1, 0.15) is 35.7 Å². The van der Waals surface area contributed by atoms with Crippen molar-refractivity contribution in [3.8, 4) is 6.07 Å². The second-order valence-electron chi connectivity index (χ2n) is 5.79. The number of hydrogen-bond acceptors (Lipinski definition) is 4. The maximum atomic E-state index is 12.6. The van der Waals surface area contributed by atoms with Crippen LogP contribution in [0.2, 0.25) is 0 Å². The molecule has 1 aliphatic carbocycles. The Hall–Kier alpha value is -2.56. The highest BCUT2D eigenvalue weighted by Crippen LogP contribution is 2.39. The molecule has 1 atom stereocenters. The van der Waals surface area contributed by atoms with Gasteiger partial charge in [0.1, 0.15) is 5.54 Å². The Bertz CT molecular complexity index is 693. The number of carbonyl (C=O) groups excluding carboxylic acids is 2. The largest absolute Gasteiger partial charge is 0.452 e. The van der Waals surface area contributed by atoms with E-state index in [1.807, 2.05) is 6.07 Å². The lowest BCUT2D eigenvalue weighted by atomic mass is 9.98. The Morgan fingerprint density at radius 3 is 2.58 bits per heavy atom. The van der Waals surface area contributed by atoms with Gasteiger partial charge in [-0.3, -0.25) is 4.79 Å². The summed E-state index contributed by atoms with van der Waals surface area (Å²) in [4.78, 5) is 23.6. The van der Waals surface area contributed by atoms with Crippen molar-refractivity contribution in [2.75, 3.05) is 6.61 Å². The molecule has 0 bridgehead atoms. The summed E-state index contributed by atoms with van der Waals surface area (Å²) in [5, 5.41) is 11.6. The fourth-order valence-electron chi connectivity index (χ4n) is 2.24. The molecule has 0 spiro atoms. The third kappa shape index (κ3) is 4.25. The average molecular weight is 340 g/mol. The van der Waals surface area contributed by atoms with Crippen LogP contribution in [0.15, 0.2) is 24.3 Å². The van der Waals surface area contributed by atoms with Crippen molar-refractivity contribution in [3.05, 3.63) is 35.4 Å². The first kappa shape index (κ1) is 17.8. The molecule has 1 aliphatic rings. The number of alkyl halides is 3. The molecular formula is C16H15F3N2O3. The van der Waals surface area contributed by atoms with Crippen LogP contribution >= 0.6 is 0 Å². The summed E-state index contributed by atoms with van der Waals surface area (Å²) >= 11 is 0. The quantitative estimate of drug-likeness (QED) is 0.836. The number of amides is 1. The monoisotopic (exact) mass is 340 g/mol. The molecule has 0 saturated heterocycles. The molecule has 0 heterocycles. The first-order chi connectivity index (χ1) is 11.2. The van der Waals surface area contributed by atoms with Crippen molar-refractivity contribution in [1.82, 2.24) is 5.32 Å². The zero-order valence-corrected chi connectivity index (χ0v) is 12.8. The predicted octanol–water partition coefficient (Wildman–Crippen LogP) is 2.67. The number of halogens is 3. The van der Waals surface area contributed by atoms with Gasteiger partial charge in [-0.15, -0.1) is 0 Å². The second kappa shape index (κ2) is 6.51. The van der Waals surface area contributed by atoms with Gasteiger partial charge < -0.3 is 10.1 Å². The standard InChI is InChI=1S/C16H15F3N2O3/c1-15(9-20,11-5-6-11)21-13(22)8-24-14(23)10-3-2-4-12(7-10)16(17,18)19/h2-4,7,11H,5-6,8H2,1H3,(H,21,22)/t15-/m1/s1. The summed E-state index contributed by atoms with van der Waals surface area (Å²) in [6.45, 7) is 0.913. The Balaban J connectivity index is 1.93. The highest BCUT2D eigenvalue weighted by molar-refractivity contribution is 5.91. The van der Waals surface area contributed by atoms with E-state index in [0.29, 0.717) is 6.07 Å². The Labute approximate surface area is 136 Å². The van der Waals surface area contributed by atoms with E-state index < -0.39 is 35.8 Å². The van der Waals surface area contributed by atoms with Gasteiger partial charge in [0, 0.05) is 0 Å². The van der Waals surface area contributed by atoms with E-state index in [4.69, 9.17) is 10.00 Å². The minimum atomic E-state index is -4.58. The average Bonchev–Trinajstić information content (AvgIpc) is 3.37. The molecule has 5 nitrogen and oxygen atoms in total. The zero-order chi connectivity index (χ0) is 18.0. The molecule has 1 amide bonds. The molecule has 128 valence electrons. The lowest BCUT2D eigenvalue weighted by Gasteiger charge is -2.22. The van der Waals surface area contributed by atoms with Gasteiger partial charge >= 0.3 is 12.1 Å². The number of benzene rings is 1. The normalized spacial score (nSPS) is 16.6. The number of nitrogens with one attached hydrogen (secondary N) is 1. The van der Waals surface area contributed by atoms with Gasteiger partial charge in [-0.05, 0) is 43.9 Å². The summed E-state index contributed by atoms with van der Waals surface area (Å²) in [6.07, 6.45) is -2.92. The van der Waals surface area contributed by atoms with Crippen LogP contribution < -0.4 is 5.32 Å². The Morgan fingerprint density at radius 2 is 2.04 bits per heavy atom. The molecule has 0 aliphatic heterocycles. The lowest BCUT2D eigenvalue weighted by Crippen LogP contribution is -2.48. The topological polar surface area (TPSA) is 79.2 Å². The molecule has 0 radical (unpaired) electrons. The van der Waals surface area contributed by atoms with Crippen molar-refractivity contribution in [1.29, 1.82) is 5.26 Å². The van der Waals surface area contributed by atoms with Gasteiger partial charge in [0.05, 0.1) is 17.2 Å². The number of rotatable bonds is 5. The number of nitriles is 1. The summed E-state index contributed by atoms with van der Waals surface area (Å²) in [7, 11) is 0. The number of carbonyl (C=O) groups is 2. The smallest absolute Gasteiger partial charge is 0.416 e. The van der Waals surface area contributed by atoms with Crippen LogP contribution in [-0.4, -0.2) is 24.0 Å². The van der Waals surface area contributed by atoms with Gasteiger partial charge in [-0.25, -0.2) is 4.79 Å². The molecule has 24 heavy (non-hydrogen) atoms. The number of nitrogens with zero attached hydrogens (tertiary/aromatic N) is 1. The van der Waals surface area contributed by atoms with Crippen LogP contribution in [0.5, 0.6) is 0 Å². The third-order valence-corrected chi connectivity index (χ3v) is 3.79. The highest BCUT2D eigenvalue weighted by Gasteiger charge is 2.43. The van der Waals surface area contributed by atoms with Crippen LogP contribution in [0.3, 0.4) is 0 Å². The summed E-state index contributed by atoms with van der Waals surface area (Å²) in [6, 6.07) is 5.75. The van der Waals surface area contributed by atoms with Crippen molar-refractivity contribution in [2.45, 2.75) is 31.5 Å². The first-order valence-electron chi connectivity index (χ1n) is 7.22. The van der Waals surface area contributed by atoms with Crippen LogP contribution in [0, 0.1) is 17.2 Å². The molecule has 1 aromatic rings. The third-order valence-electron chi connectivity index (χ3n) is 3.79. The lowest BCUT2D eigenvalue weighted by molar-refractivity contribution is -0.137. The van der Waals surface area contributed by atoms with E-state index in [1.54, 1.807) is 6.92 Å². The van der Waals surface area contributed by atoms with Gasteiger partial charge in [0.2, 0.25) is 0 Å². The van der Waals surface area contributed by atoms with E-state index >= 15 is 0 Å². The maximum Gasteiger partial charge on any atom is 0.416 e. The maximum absolute atomic E-state index is 12.6. The van der Waals surface area contributed by atoms with Crippen molar-refractivity contribution < 1.29 is 27.5 Å². The minimum absolute atomic E-state index is 0.0608. The molecule has 8 heteroatoms. The van der Waals surface area contributed by atoms with Crippen LogP contribution in [-0.2, 0) is 15.7 Å². The fraction of sp³-hybridized carbons (Fsp3) is 0.438. The van der Waals surface area contributed by atoms with Gasteiger partial charge in [-0.1, -0.05) is 6.07 Å². The van der Waals surface area contributed by atoms with E-state index in [2.05, 4.69) is 5.32 Å². The Kier molecular flexibility index (Phi) is 4.83. The molecule has 1 fully saturated rings. The van der Waals surface area contributed by atoms with Crippen molar-refractivity contribution >= 4 is 11.9 Å². The SMILES string of the molecule is C[C@](C#N)(NC(=O)COC(=O)c1cccc(C(F)(F)F)c1)C1CC1. The summed E-state index contributed by atoms with van der Waals surface area (Å²) in [5.41, 5.74) is -2.31. The number of ether oxygens (including phenoxy) is 1. The van der Waals surface area contributed by atoms with Gasteiger partial charge in [-0.2, -0.15) is 18.4 Å². The van der Waals surface area contributed by atoms with E-state index in [0.717, 1.165) is 25.0 Å². The predicted molar refractivity (Wildman–Crippen MR) is 76.6 cm³/mol. The molecule has 1 aromatic carbocycles. The van der Waals surface area contributed by atoms with Crippen LogP contribution in [0.25, 0.3) is 0 Å².